The van der Waals surface area contributed by atoms with Crippen molar-refractivity contribution in [3.05, 3.63) is 48.3 Å². The Labute approximate surface area is 113 Å². The number of hydrogen-bond acceptors (Lipinski definition) is 2. The fraction of sp³-hybridized carbons (Fsp3) is 0.333. The van der Waals surface area contributed by atoms with Crippen LogP contribution in [0.1, 0.15) is 31.7 Å². The van der Waals surface area contributed by atoms with Gasteiger partial charge >= 0.3 is 0 Å². The Morgan fingerprint density at radius 3 is 2.68 bits per heavy atom. The molecule has 0 saturated heterocycles. The molecule has 2 unspecified atom stereocenters. The van der Waals surface area contributed by atoms with Crippen LogP contribution in [0.15, 0.2) is 42.7 Å². The zero-order chi connectivity index (χ0) is 13.7. The van der Waals surface area contributed by atoms with Crippen LogP contribution in [0.3, 0.4) is 0 Å². The highest BCUT2D eigenvalue weighted by Gasteiger charge is 2.26. The third-order valence-electron chi connectivity index (χ3n) is 3.39. The van der Waals surface area contributed by atoms with E-state index >= 15 is 0 Å². The lowest BCUT2D eigenvalue weighted by atomic mass is 9.85. The predicted molar refractivity (Wildman–Crippen MR) is 75.9 cm³/mol. The van der Waals surface area contributed by atoms with Gasteiger partial charge in [0, 0.05) is 12.4 Å². The molecule has 2 rings (SSSR count). The summed E-state index contributed by atoms with van der Waals surface area (Å²) in [7, 11) is 0. The Bertz CT molecular complexity index is 507. The third kappa shape index (κ3) is 3.22. The third-order valence-corrected chi connectivity index (χ3v) is 3.39. The van der Waals surface area contributed by atoms with Crippen molar-refractivity contribution in [1.82, 2.24) is 9.97 Å². The van der Waals surface area contributed by atoms with Gasteiger partial charge in [0.15, 0.2) is 0 Å². The number of carbonyl (C=O) groups excluding carboxylic acids is 1. The average molecular weight is 257 g/mol. The van der Waals surface area contributed by atoms with Crippen molar-refractivity contribution in [2.45, 2.75) is 26.2 Å². The highest BCUT2D eigenvalue weighted by molar-refractivity contribution is 5.94. The van der Waals surface area contributed by atoms with Gasteiger partial charge in [0.1, 0.15) is 0 Å². The van der Waals surface area contributed by atoms with Gasteiger partial charge in [-0.2, -0.15) is 0 Å². The Hall–Kier alpha value is -2.10. The zero-order valence-corrected chi connectivity index (χ0v) is 11.3. The van der Waals surface area contributed by atoms with Gasteiger partial charge < -0.3 is 4.98 Å². The molecule has 2 aromatic rings. The van der Waals surface area contributed by atoms with Crippen molar-refractivity contribution in [3.63, 3.8) is 0 Å². The second-order valence-corrected chi connectivity index (χ2v) is 4.70. The fourth-order valence-electron chi connectivity index (χ4n) is 2.16. The van der Waals surface area contributed by atoms with Gasteiger partial charge in [-0.05, 0) is 11.5 Å². The number of nitrogens with zero attached hydrogens (tertiary/aromatic N) is 1. The minimum absolute atomic E-state index is 0.0181. The molecule has 1 amide bonds. The van der Waals surface area contributed by atoms with E-state index in [2.05, 4.69) is 29.1 Å². The smallest absolute Gasteiger partial charge is 0.234 e. The van der Waals surface area contributed by atoms with Gasteiger partial charge in [0.25, 0.3) is 0 Å². The maximum absolute atomic E-state index is 12.4. The van der Waals surface area contributed by atoms with Crippen molar-refractivity contribution in [2.75, 3.05) is 5.32 Å². The number of aromatic nitrogens is 2. The lowest BCUT2D eigenvalue weighted by molar-refractivity contribution is -0.118. The number of imidazole rings is 1. The molecule has 4 heteroatoms. The molecule has 2 N–H and O–H groups in total. The van der Waals surface area contributed by atoms with Crippen LogP contribution < -0.4 is 5.32 Å². The first-order valence-electron chi connectivity index (χ1n) is 6.57. The number of rotatable bonds is 5. The quantitative estimate of drug-likeness (QED) is 0.864. The van der Waals surface area contributed by atoms with Crippen LogP contribution in [-0.4, -0.2) is 15.9 Å². The monoisotopic (exact) mass is 257 g/mol. The molecule has 0 saturated carbocycles. The Morgan fingerprint density at radius 1 is 1.37 bits per heavy atom. The summed E-state index contributed by atoms with van der Waals surface area (Å²) in [6.07, 6.45) is 4.26. The maximum atomic E-state index is 12.4. The van der Waals surface area contributed by atoms with E-state index in [9.17, 15) is 4.79 Å². The maximum Gasteiger partial charge on any atom is 0.234 e. The summed E-state index contributed by atoms with van der Waals surface area (Å²) in [5.74, 6) is 0.596. The zero-order valence-electron chi connectivity index (χ0n) is 11.3. The fourth-order valence-corrected chi connectivity index (χ4v) is 2.16. The molecular weight excluding hydrogens is 238 g/mol. The van der Waals surface area contributed by atoms with E-state index < -0.39 is 0 Å². The van der Waals surface area contributed by atoms with Gasteiger partial charge in [-0.15, -0.1) is 0 Å². The first-order chi connectivity index (χ1) is 9.22. The summed E-state index contributed by atoms with van der Waals surface area (Å²) < 4.78 is 0. The Morgan fingerprint density at radius 2 is 2.11 bits per heavy atom. The molecule has 0 aliphatic carbocycles. The van der Waals surface area contributed by atoms with Crippen LogP contribution >= 0.6 is 0 Å². The number of anilines is 1. The molecule has 0 radical (unpaired) electrons. The summed E-state index contributed by atoms with van der Waals surface area (Å²) in [6, 6.07) is 9.88. The van der Waals surface area contributed by atoms with Crippen LogP contribution in [0.4, 0.5) is 5.95 Å². The molecule has 0 aliphatic heterocycles. The number of H-pyrrole nitrogens is 1. The first-order valence-corrected chi connectivity index (χ1v) is 6.57. The summed E-state index contributed by atoms with van der Waals surface area (Å²) in [5, 5.41) is 2.83. The second-order valence-electron chi connectivity index (χ2n) is 4.70. The molecule has 0 bridgehead atoms. The number of benzene rings is 1. The molecular formula is C15H19N3O. The Kier molecular flexibility index (Phi) is 4.34. The normalized spacial score (nSPS) is 13.8. The molecule has 1 aromatic heterocycles. The highest BCUT2D eigenvalue weighted by Crippen LogP contribution is 2.27. The number of hydrogen-bond donors (Lipinski definition) is 2. The molecule has 4 nitrogen and oxygen atoms in total. The van der Waals surface area contributed by atoms with Crippen molar-refractivity contribution in [2.24, 2.45) is 5.92 Å². The molecule has 1 heterocycles. The molecule has 0 spiro atoms. The molecule has 100 valence electrons. The summed E-state index contributed by atoms with van der Waals surface area (Å²) in [6.45, 7) is 4.19. The van der Waals surface area contributed by atoms with Crippen LogP contribution in [0.5, 0.6) is 0 Å². The predicted octanol–water partition coefficient (Wildman–Crippen LogP) is 3.18. The SMILES string of the molecule is CCC(C)C(C(=O)Nc1ncc[nH]1)c1ccccc1. The van der Waals surface area contributed by atoms with E-state index in [1.165, 1.54) is 0 Å². The van der Waals surface area contributed by atoms with Gasteiger partial charge in [-0.1, -0.05) is 50.6 Å². The van der Waals surface area contributed by atoms with Crippen LogP contribution in [0, 0.1) is 5.92 Å². The lowest BCUT2D eigenvalue weighted by Crippen LogP contribution is -2.26. The first kappa shape index (κ1) is 13.3. The highest BCUT2D eigenvalue weighted by atomic mass is 16.2. The van der Waals surface area contributed by atoms with Crippen molar-refractivity contribution >= 4 is 11.9 Å². The van der Waals surface area contributed by atoms with E-state index in [4.69, 9.17) is 0 Å². The van der Waals surface area contributed by atoms with E-state index in [0.717, 1.165) is 12.0 Å². The Balaban J connectivity index is 2.20. The average Bonchev–Trinajstić information content (AvgIpc) is 2.93. The largest absolute Gasteiger partial charge is 0.331 e. The lowest BCUT2D eigenvalue weighted by Gasteiger charge is -2.22. The molecule has 0 aliphatic rings. The van der Waals surface area contributed by atoms with Gasteiger partial charge in [-0.3, -0.25) is 10.1 Å². The second kappa shape index (κ2) is 6.18. The van der Waals surface area contributed by atoms with Crippen LogP contribution in [0.2, 0.25) is 0 Å². The van der Waals surface area contributed by atoms with E-state index in [-0.39, 0.29) is 17.7 Å². The van der Waals surface area contributed by atoms with Crippen molar-refractivity contribution in [3.8, 4) is 0 Å². The minimum atomic E-state index is -0.156. The van der Waals surface area contributed by atoms with Crippen LogP contribution in [0.25, 0.3) is 0 Å². The summed E-state index contributed by atoms with van der Waals surface area (Å²) >= 11 is 0. The van der Waals surface area contributed by atoms with Gasteiger partial charge in [0.05, 0.1) is 5.92 Å². The van der Waals surface area contributed by atoms with Crippen LogP contribution in [-0.2, 0) is 4.79 Å². The minimum Gasteiger partial charge on any atom is -0.331 e. The van der Waals surface area contributed by atoms with Crippen molar-refractivity contribution < 1.29 is 4.79 Å². The standard InChI is InChI=1S/C15H19N3O/c1-3-11(2)13(12-7-5-4-6-8-12)14(19)18-15-16-9-10-17-15/h4-11,13H,3H2,1-2H3,(H2,16,17,18,19). The van der Waals surface area contributed by atoms with E-state index in [1.807, 2.05) is 30.3 Å². The van der Waals surface area contributed by atoms with Crippen molar-refractivity contribution in [1.29, 1.82) is 0 Å². The topological polar surface area (TPSA) is 57.8 Å². The molecule has 2 atom stereocenters. The molecule has 0 fully saturated rings. The summed E-state index contributed by atoms with van der Waals surface area (Å²) in [4.78, 5) is 19.4. The van der Waals surface area contributed by atoms with E-state index in [1.54, 1.807) is 12.4 Å². The number of amides is 1. The molecule has 19 heavy (non-hydrogen) atoms. The summed E-state index contributed by atoms with van der Waals surface area (Å²) in [5.41, 5.74) is 1.04. The number of aromatic amines is 1. The number of carbonyl (C=O) groups is 1. The van der Waals surface area contributed by atoms with Gasteiger partial charge in [0.2, 0.25) is 11.9 Å². The molecule has 1 aromatic carbocycles. The number of nitrogens with one attached hydrogen (secondary N) is 2. The van der Waals surface area contributed by atoms with Gasteiger partial charge in [-0.25, -0.2) is 4.98 Å². The van der Waals surface area contributed by atoms with E-state index in [0.29, 0.717) is 5.95 Å².